The number of amides is 1. The normalized spacial score (nSPS) is 14.0. The maximum Gasteiger partial charge on any atom is 0.245 e. The van der Waals surface area contributed by atoms with Gasteiger partial charge in [0.05, 0.1) is 22.1 Å². The first-order valence-electron chi connectivity index (χ1n) is 9.86. The van der Waals surface area contributed by atoms with Crippen LogP contribution in [-0.4, -0.2) is 50.2 Å². The third kappa shape index (κ3) is 4.40. The maximum atomic E-state index is 11.6. The molecule has 0 unspecified atom stereocenters. The summed E-state index contributed by atoms with van der Waals surface area (Å²) in [6.07, 6.45) is 7.37. The van der Waals surface area contributed by atoms with E-state index in [9.17, 15) is 4.79 Å². The number of thiophene rings is 1. The Balaban J connectivity index is 1.43. The SMILES string of the molecule is C=CC(=O)N1CC(CNc2nc(Nc3cnn(CCCC)c3)nc3ccsc23)C1. The van der Waals surface area contributed by atoms with E-state index in [1.54, 1.807) is 22.4 Å². The summed E-state index contributed by atoms with van der Waals surface area (Å²) in [5.41, 5.74) is 1.78. The molecule has 1 aliphatic heterocycles. The first kappa shape index (κ1) is 19.4. The number of fused-ring (bicyclic) bond motifs is 1. The van der Waals surface area contributed by atoms with Gasteiger partial charge in [-0.05, 0) is 23.9 Å². The van der Waals surface area contributed by atoms with Gasteiger partial charge in [-0.2, -0.15) is 10.1 Å². The van der Waals surface area contributed by atoms with Crippen LogP contribution in [0.5, 0.6) is 0 Å². The number of nitrogens with one attached hydrogen (secondary N) is 2. The van der Waals surface area contributed by atoms with Crippen LogP contribution in [0.1, 0.15) is 19.8 Å². The number of unbranched alkanes of at least 4 members (excludes halogenated alkanes) is 1. The number of likely N-dealkylation sites (tertiary alicyclic amines) is 1. The number of anilines is 3. The number of aromatic nitrogens is 4. The number of carbonyl (C=O) groups is 1. The molecule has 152 valence electrons. The van der Waals surface area contributed by atoms with Gasteiger partial charge in [0.15, 0.2) is 0 Å². The van der Waals surface area contributed by atoms with Crippen LogP contribution in [0.15, 0.2) is 36.5 Å². The van der Waals surface area contributed by atoms with Crippen molar-refractivity contribution in [3.63, 3.8) is 0 Å². The second kappa shape index (κ2) is 8.60. The molecule has 4 rings (SSSR count). The second-order valence-corrected chi connectivity index (χ2v) is 8.11. The second-order valence-electron chi connectivity index (χ2n) is 7.20. The number of nitrogens with zero attached hydrogens (tertiary/aromatic N) is 5. The van der Waals surface area contributed by atoms with Gasteiger partial charge < -0.3 is 15.5 Å². The van der Waals surface area contributed by atoms with E-state index < -0.39 is 0 Å². The Morgan fingerprint density at radius 2 is 2.28 bits per heavy atom. The van der Waals surface area contributed by atoms with Crippen molar-refractivity contribution in [1.82, 2.24) is 24.6 Å². The van der Waals surface area contributed by atoms with Crippen LogP contribution < -0.4 is 10.6 Å². The average molecular weight is 412 g/mol. The number of hydrogen-bond donors (Lipinski definition) is 2. The highest BCUT2D eigenvalue weighted by Crippen LogP contribution is 2.29. The molecule has 29 heavy (non-hydrogen) atoms. The molecule has 1 aliphatic rings. The molecule has 2 N–H and O–H groups in total. The van der Waals surface area contributed by atoms with E-state index in [0.717, 1.165) is 60.7 Å². The highest BCUT2D eigenvalue weighted by molar-refractivity contribution is 7.17. The average Bonchev–Trinajstić information content (AvgIpc) is 3.34. The van der Waals surface area contributed by atoms with Crippen molar-refractivity contribution >= 4 is 44.9 Å². The van der Waals surface area contributed by atoms with Gasteiger partial charge in [-0.25, -0.2) is 4.98 Å². The monoisotopic (exact) mass is 411 g/mol. The summed E-state index contributed by atoms with van der Waals surface area (Å²) in [7, 11) is 0. The zero-order chi connectivity index (χ0) is 20.2. The number of hydrogen-bond acceptors (Lipinski definition) is 7. The van der Waals surface area contributed by atoms with E-state index in [4.69, 9.17) is 0 Å². The molecule has 8 nitrogen and oxygen atoms in total. The molecule has 9 heteroatoms. The fourth-order valence-electron chi connectivity index (χ4n) is 3.29. The minimum Gasteiger partial charge on any atom is -0.368 e. The molecule has 0 saturated carbocycles. The van der Waals surface area contributed by atoms with Crippen LogP contribution >= 0.6 is 11.3 Å². The number of rotatable bonds is 9. The van der Waals surface area contributed by atoms with Gasteiger partial charge in [-0.1, -0.05) is 19.9 Å². The summed E-state index contributed by atoms with van der Waals surface area (Å²) in [5.74, 6) is 1.77. The van der Waals surface area contributed by atoms with Crippen molar-refractivity contribution in [3.05, 3.63) is 36.5 Å². The van der Waals surface area contributed by atoms with Crippen LogP contribution in [0.25, 0.3) is 10.2 Å². The molecule has 1 amide bonds. The zero-order valence-corrected chi connectivity index (χ0v) is 17.3. The Hall–Kier alpha value is -2.94. The lowest BCUT2D eigenvalue weighted by Crippen LogP contribution is -2.51. The Kier molecular flexibility index (Phi) is 5.75. The van der Waals surface area contributed by atoms with E-state index in [1.807, 2.05) is 22.3 Å². The van der Waals surface area contributed by atoms with Gasteiger partial charge in [-0.15, -0.1) is 11.3 Å². The van der Waals surface area contributed by atoms with E-state index in [2.05, 4.69) is 39.2 Å². The van der Waals surface area contributed by atoms with Gasteiger partial charge >= 0.3 is 0 Å². The van der Waals surface area contributed by atoms with Gasteiger partial charge in [0, 0.05) is 38.3 Å². The standard InChI is InChI=1S/C20H25N7OS/c1-3-5-7-27-13-15(10-22-27)23-20-24-16-6-8-29-18(16)19(25-20)21-9-14-11-26(12-14)17(28)4-2/h4,6,8,10,13-14H,2-3,5,7,9,11-12H2,1H3,(H2,21,23,24,25). The molecule has 4 heterocycles. The lowest BCUT2D eigenvalue weighted by molar-refractivity contribution is -0.131. The third-order valence-corrected chi connectivity index (χ3v) is 5.85. The van der Waals surface area contributed by atoms with Crippen molar-refractivity contribution in [3.8, 4) is 0 Å². The molecular weight excluding hydrogens is 386 g/mol. The predicted molar refractivity (Wildman–Crippen MR) is 117 cm³/mol. The van der Waals surface area contributed by atoms with Crippen LogP contribution in [0.4, 0.5) is 17.5 Å². The van der Waals surface area contributed by atoms with Crippen LogP contribution in [-0.2, 0) is 11.3 Å². The summed E-state index contributed by atoms with van der Waals surface area (Å²) in [4.78, 5) is 22.7. The van der Waals surface area contributed by atoms with Crippen LogP contribution in [0.3, 0.4) is 0 Å². The Morgan fingerprint density at radius 1 is 1.41 bits per heavy atom. The largest absolute Gasteiger partial charge is 0.368 e. The Morgan fingerprint density at radius 3 is 3.07 bits per heavy atom. The fourth-order valence-corrected chi connectivity index (χ4v) is 4.08. The van der Waals surface area contributed by atoms with Crippen molar-refractivity contribution < 1.29 is 4.79 Å². The molecule has 3 aromatic rings. The van der Waals surface area contributed by atoms with Crippen LogP contribution in [0, 0.1) is 5.92 Å². The lowest BCUT2D eigenvalue weighted by atomic mass is 10.00. The van der Waals surface area contributed by atoms with E-state index in [0.29, 0.717) is 11.9 Å². The first-order chi connectivity index (χ1) is 14.2. The van der Waals surface area contributed by atoms with E-state index >= 15 is 0 Å². The number of carbonyl (C=O) groups excluding carboxylic acids is 1. The minimum atomic E-state index is -0.00472. The Bertz CT molecular complexity index is 1010. The van der Waals surface area contributed by atoms with Gasteiger partial charge in [0.25, 0.3) is 0 Å². The molecular formula is C20H25N7OS. The van der Waals surface area contributed by atoms with Gasteiger partial charge in [0.1, 0.15) is 5.82 Å². The maximum absolute atomic E-state index is 11.6. The number of aryl methyl sites for hydroxylation is 1. The van der Waals surface area contributed by atoms with E-state index in [1.165, 1.54) is 6.08 Å². The highest BCUT2D eigenvalue weighted by atomic mass is 32.1. The minimum absolute atomic E-state index is 0.00472. The predicted octanol–water partition coefficient (Wildman–Crippen LogP) is 3.49. The summed E-state index contributed by atoms with van der Waals surface area (Å²) < 4.78 is 2.97. The van der Waals surface area contributed by atoms with Crippen molar-refractivity contribution in [1.29, 1.82) is 0 Å². The zero-order valence-electron chi connectivity index (χ0n) is 16.5. The van der Waals surface area contributed by atoms with E-state index in [-0.39, 0.29) is 5.91 Å². The van der Waals surface area contributed by atoms with Crippen LogP contribution in [0.2, 0.25) is 0 Å². The molecule has 0 radical (unpaired) electrons. The smallest absolute Gasteiger partial charge is 0.245 e. The van der Waals surface area contributed by atoms with Crippen molar-refractivity contribution in [2.24, 2.45) is 5.92 Å². The fraction of sp³-hybridized carbons (Fsp3) is 0.400. The molecule has 0 spiro atoms. The summed E-state index contributed by atoms with van der Waals surface area (Å²) in [6.45, 7) is 8.87. The lowest BCUT2D eigenvalue weighted by Gasteiger charge is -2.38. The quantitative estimate of drug-likeness (QED) is 0.524. The molecule has 0 atom stereocenters. The molecule has 0 bridgehead atoms. The molecule has 3 aromatic heterocycles. The summed E-state index contributed by atoms with van der Waals surface area (Å²) in [5, 5.41) is 13.1. The summed E-state index contributed by atoms with van der Waals surface area (Å²) in [6, 6.07) is 2.00. The van der Waals surface area contributed by atoms with Gasteiger partial charge in [0.2, 0.25) is 11.9 Å². The first-order valence-corrected chi connectivity index (χ1v) is 10.7. The Labute approximate surface area is 173 Å². The topological polar surface area (TPSA) is 88.0 Å². The molecule has 1 saturated heterocycles. The molecule has 1 fully saturated rings. The molecule has 0 aromatic carbocycles. The van der Waals surface area contributed by atoms with Crippen molar-refractivity contribution in [2.45, 2.75) is 26.3 Å². The summed E-state index contributed by atoms with van der Waals surface area (Å²) >= 11 is 1.62. The molecule has 0 aliphatic carbocycles. The highest BCUT2D eigenvalue weighted by Gasteiger charge is 2.29. The van der Waals surface area contributed by atoms with Crippen molar-refractivity contribution in [2.75, 3.05) is 30.3 Å². The van der Waals surface area contributed by atoms with Gasteiger partial charge in [-0.3, -0.25) is 9.48 Å². The third-order valence-electron chi connectivity index (χ3n) is 4.94.